The summed E-state index contributed by atoms with van der Waals surface area (Å²) in [5.74, 6) is -0.603. The van der Waals surface area contributed by atoms with Crippen molar-refractivity contribution >= 4 is 34.3 Å². The first-order valence-electron chi connectivity index (χ1n) is 12.0. The number of Topliss-reactive ketones (excluding diaryl/α,β-unsaturated/α-hetero) is 1. The van der Waals surface area contributed by atoms with E-state index in [-0.39, 0.29) is 18.3 Å². The van der Waals surface area contributed by atoms with Crippen LogP contribution < -0.4 is 20.6 Å². The molecule has 0 spiro atoms. The summed E-state index contributed by atoms with van der Waals surface area (Å²) in [6, 6.07) is 12.6. The predicted molar refractivity (Wildman–Crippen MR) is 137 cm³/mol. The summed E-state index contributed by atoms with van der Waals surface area (Å²) in [7, 11) is 0. The number of hydrogen-bond acceptors (Lipinski definition) is 8. The number of carbonyl (C=O) groups excluding carboxylic acids is 3. The molecular weight excluding hydrogens is 478 g/mol. The molecule has 1 fully saturated rings. The second kappa shape index (κ2) is 11.3. The lowest BCUT2D eigenvalue weighted by atomic mass is 10.1. The minimum Gasteiger partial charge on any atom is -0.484 e. The van der Waals surface area contributed by atoms with Gasteiger partial charge in [0.2, 0.25) is 5.91 Å². The van der Waals surface area contributed by atoms with Gasteiger partial charge in [-0.05, 0) is 55.8 Å². The number of ether oxygens (including phenoxy) is 1. The highest BCUT2D eigenvalue weighted by Gasteiger charge is 2.28. The molecule has 0 saturated carbocycles. The molecule has 37 heavy (non-hydrogen) atoms. The van der Waals surface area contributed by atoms with E-state index in [0.717, 1.165) is 16.6 Å². The highest BCUT2D eigenvalue weighted by Crippen LogP contribution is 2.22. The first kappa shape index (κ1) is 25.9. The number of aliphatic hydroxyl groups excluding tert-OH is 1. The summed E-state index contributed by atoms with van der Waals surface area (Å²) < 4.78 is 10.7. The van der Waals surface area contributed by atoms with Crippen LogP contribution in [0.2, 0.25) is 0 Å². The van der Waals surface area contributed by atoms with Gasteiger partial charge >= 0.3 is 5.63 Å². The standard InChI is InChI=1S/C27H29N3O7/c1-17-13-26(34)37-24-14-21(7-8-22(17)24)36-16-25(33)28-23(15-31)27(35)30-11-9-29(10-12-30)20-5-3-19(4-6-20)18(2)32/h3-8,13-14,23,31H,9-12,15-16H2,1-2H3,(H,28,33). The Kier molecular flexibility index (Phi) is 7.88. The van der Waals surface area contributed by atoms with Crippen molar-refractivity contribution in [1.82, 2.24) is 10.2 Å². The van der Waals surface area contributed by atoms with E-state index in [2.05, 4.69) is 10.2 Å². The van der Waals surface area contributed by atoms with Gasteiger partial charge in [0.05, 0.1) is 6.61 Å². The van der Waals surface area contributed by atoms with Gasteiger partial charge in [-0.3, -0.25) is 14.4 Å². The quantitative estimate of drug-likeness (QED) is 0.347. The van der Waals surface area contributed by atoms with Crippen LogP contribution in [0.4, 0.5) is 5.69 Å². The zero-order valence-corrected chi connectivity index (χ0v) is 20.7. The number of anilines is 1. The molecule has 10 nitrogen and oxygen atoms in total. The topological polar surface area (TPSA) is 129 Å². The van der Waals surface area contributed by atoms with E-state index >= 15 is 0 Å². The van der Waals surface area contributed by atoms with E-state index in [1.807, 2.05) is 12.1 Å². The van der Waals surface area contributed by atoms with Crippen LogP contribution in [-0.2, 0) is 9.59 Å². The SMILES string of the molecule is CC(=O)c1ccc(N2CCN(C(=O)C(CO)NC(=O)COc3ccc4c(C)cc(=O)oc4c3)CC2)cc1. The number of rotatable bonds is 8. The molecule has 2 aromatic carbocycles. The highest BCUT2D eigenvalue weighted by molar-refractivity contribution is 5.94. The number of fused-ring (bicyclic) bond motifs is 1. The summed E-state index contributed by atoms with van der Waals surface area (Å²) in [6.45, 7) is 4.41. The number of amides is 2. The lowest BCUT2D eigenvalue weighted by molar-refractivity contribution is -0.138. The van der Waals surface area contributed by atoms with Crippen molar-refractivity contribution in [3.63, 3.8) is 0 Å². The van der Waals surface area contributed by atoms with Crippen LogP contribution in [0.5, 0.6) is 5.75 Å². The molecule has 2 amide bonds. The Labute approximate surface area is 213 Å². The fraction of sp³-hybridized carbons (Fsp3) is 0.333. The van der Waals surface area contributed by atoms with E-state index < -0.39 is 24.2 Å². The minimum absolute atomic E-state index is 0.00477. The molecule has 2 heterocycles. The number of piperazine rings is 1. The van der Waals surface area contributed by atoms with E-state index in [1.165, 1.54) is 19.1 Å². The molecule has 0 radical (unpaired) electrons. The van der Waals surface area contributed by atoms with Gasteiger partial charge in [0.15, 0.2) is 12.4 Å². The van der Waals surface area contributed by atoms with Gasteiger partial charge < -0.3 is 29.4 Å². The van der Waals surface area contributed by atoms with Gasteiger partial charge in [-0.1, -0.05) is 0 Å². The predicted octanol–water partition coefficient (Wildman–Crippen LogP) is 1.51. The Morgan fingerprint density at radius 1 is 1.05 bits per heavy atom. The second-order valence-electron chi connectivity index (χ2n) is 8.91. The van der Waals surface area contributed by atoms with Gasteiger partial charge in [0.25, 0.3) is 5.91 Å². The number of hydrogen-bond donors (Lipinski definition) is 2. The van der Waals surface area contributed by atoms with Crippen molar-refractivity contribution < 1.29 is 28.6 Å². The van der Waals surface area contributed by atoms with Gasteiger partial charge in [-0.15, -0.1) is 0 Å². The molecule has 3 aromatic rings. The van der Waals surface area contributed by atoms with E-state index in [1.54, 1.807) is 36.1 Å². The number of benzene rings is 2. The lowest BCUT2D eigenvalue weighted by Gasteiger charge is -2.37. The Balaban J connectivity index is 1.29. The van der Waals surface area contributed by atoms with E-state index in [0.29, 0.717) is 43.1 Å². The van der Waals surface area contributed by atoms with E-state index in [4.69, 9.17) is 9.15 Å². The molecule has 194 valence electrons. The summed E-state index contributed by atoms with van der Waals surface area (Å²) in [5.41, 5.74) is 2.25. The summed E-state index contributed by atoms with van der Waals surface area (Å²) in [5, 5.41) is 13.0. The van der Waals surface area contributed by atoms with Crippen LogP contribution in [0.25, 0.3) is 11.0 Å². The van der Waals surface area contributed by atoms with Crippen LogP contribution in [0.3, 0.4) is 0 Å². The Morgan fingerprint density at radius 3 is 2.41 bits per heavy atom. The normalized spacial score (nSPS) is 14.4. The van der Waals surface area contributed by atoms with Gasteiger partial charge in [0.1, 0.15) is 17.4 Å². The largest absolute Gasteiger partial charge is 0.484 e. The molecule has 1 atom stereocenters. The van der Waals surface area contributed by atoms with Crippen LogP contribution in [0, 0.1) is 6.92 Å². The third-order valence-corrected chi connectivity index (χ3v) is 6.34. The Morgan fingerprint density at radius 2 is 1.76 bits per heavy atom. The molecule has 10 heteroatoms. The van der Waals surface area contributed by atoms with Crippen LogP contribution in [0.15, 0.2) is 57.7 Å². The average Bonchev–Trinajstić information content (AvgIpc) is 2.90. The maximum Gasteiger partial charge on any atom is 0.336 e. The summed E-state index contributed by atoms with van der Waals surface area (Å²) >= 11 is 0. The Bertz CT molecular complexity index is 1360. The maximum atomic E-state index is 12.9. The molecule has 0 aliphatic carbocycles. The Hall–Kier alpha value is -4.18. The second-order valence-corrected chi connectivity index (χ2v) is 8.91. The fourth-order valence-corrected chi connectivity index (χ4v) is 4.28. The highest BCUT2D eigenvalue weighted by atomic mass is 16.5. The zero-order valence-electron chi connectivity index (χ0n) is 20.7. The van der Waals surface area contributed by atoms with Crippen LogP contribution >= 0.6 is 0 Å². The molecule has 1 aliphatic rings. The van der Waals surface area contributed by atoms with Crippen molar-refractivity contribution in [3.8, 4) is 5.75 Å². The summed E-state index contributed by atoms with van der Waals surface area (Å²) in [4.78, 5) is 52.2. The lowest BCUT2D eigenvalue weighted by Crippen LogP contribution is -2.56. The first-order chi connectivity index (χ1) is 17.7. The molecular formula is C27H29N3O7. The molecule has 1 aromatic heterocycles. The third-order valence-electron chi connectivity index (χ3n) is 6.34. The van der Waals surface area contributed by atoms with Crippen molar-refractivity contribution in [2.45, 2.75) is 19.9 Å². The van der Waals surface area contributed by atoms with Crippen molar-refractivity contribution in [1.29, 1.82) is 0 Å². The zero-order chi connectivity index (χ0) is 26.5. The fourth-order valence-electron chi connectivity index (χ4n) is 4.28. The average molecular weight is 508 g/mol. The van der Waals surface area contributed by atoms with Gasteiger partial charge in [-0.25, -0.2) is 4.79 Å². The monoisotopic (exact) mass is 507 g/mol. The maximum absolute atomic E-state index is 12.9. The number of nitrogens with one attached hydrogen (secondary N) is 1. The number of ketones is 1. The number of aliphatic hydroxyl groups is 1. The van der Waals surface area contributed by atoms with E-state index in [9.17, 15) is 24.3 Å². The van der Waals surface area contributed by atoms with Crippen LogP contribution in [0.1, 0.15) is 22.8 Å². The number of carbonyl (C=O) groups is 3. The number of aryl methyl sites for hydroxylation is 1. The van der Waals surface area contributed by atoms with Crippen molar-refractivity contribution in [3.05, 3.63) is 70.1 Å². The van der Waals surface area contributed by atoms with Gasteiger partial charge in [0, 0.05) is 54.9 Å². The van der Waals surface area contributed by atoms with Crippen molar-refractivity contribution in [2.75, 3.05) is 44.3 Å². The number of nitrogens with zero attached hydrogens (tertiary/aromatic N) is 2. The third kappa shape index (κ3) is 6.15. The van der Waals surface area contributed by atoms with Gasteiger partial charge in [-0.2, -0.15) is 0 Å². The molecule has 2 N–H and O–H groups in total. The molecule has 4 rings (SSSR count). The minimum atomic E-state index is -1.09. The molecule has 1 unspecified atom stereocenters. The smallest absolute Gasteiger partial charge is 0.336 e. The molecule has 0 bridgehead atoms. The summed E-state index contributed by atoms with van der Waals surface area (Å²) in [6.07, 6.45) is 0. The van der Waals surface area contributed by atoms with Crippen LogP contribution in [-0.4, -0.2) is 73.0 Å². The van der Waals surface area contributed by atoms with Crippen molar-refractivity contribution in [2.24, 2.45) is 0 Å². The molecule has 1 saturated heterocycles. The first-order valence-corrected chi connectivity index (χ1v) is 12.0. The molecule has 1 aliphatic heterocycles.